The van der Waals surface area contributed by atoms with Crippen LogP contribution >= 0.6 is 11.6 Å². The van der Waals surface area contributed by atoms with E-state index in [1.54, 1.807) is 24.7 Å². The number of piperidine rings is 1. The van der Waals surface area contributed by atoms with Crippen molar-refractivity contribution in [2.75, 3.05) is 18.4 Å². The zero-order valence-electron chi connectivity index (χ0n) is 18.1. The minimum atomic E-state index is 0.0440. The molecule has 0 bridgehead atoms. The summed E-state index contributed by atoms with van der Waals surface area (Å²) in [5.74, 6) is 1.39. The Morgan fingerprint density at radius 3 is 2.69 bits per heavy atom. The van der Waals surface area contributed by atoms with Crippen molar-refractivity contribution in [1.29, 1.82) is 0 Å². The predicted octanol–water partition coefficient (Wildman–Crippen LogP) is 5.00. The molecule has 1 saturated heterocycles. The zero-order valence-corrected chi connectivity index (χ0v) is 18.8. The Kier molecular flexibility index (Phi) is 5.55. The second kappa shape index (κ2) is 8.51. The van der Waals surface area contributed by atoms with Crippen LogP contribution in [0.5, 0.6) is 0 Å². The average Bonchev–Trinajstić information content (AvgIpc) is 3.57. The van der Waals surface area contributed by atoms with Gasteiger partial charge >= 0.3 is 0 Å². The number of amides is 1. The van der Waals surface area contributed by atoms with Gasteiger partial charge in [-0.1, -0.05) is 29.3 Å². The van der Waals surface area contributed by atoms with Gasteiger partial charge in [0, 0.05) is 43.3 Å². The van der Waals surface area contributed by atoms with Crippen molar-refractivity contribution < 1.29 is 4.79 Å². The summed E-state index contributed by atoms with van der Waals surface area (Å²) in [5, 5.41) is 4.02. The summed E-state index contributed by atoms with van der Waals surface area (Å²) >= 11 is 5.96. The third-order valence-corrected chi connectivity index (χ3v) is 6.89. The van der Waals surface area contributed by atoms with Crippen LogP contribution in [0.1, 0.15) is 41.6 Å². The van der Waals surface area contributed by atoms with Crippen molar-refractivity contribution in [2.45, 2.75) is 38.6 Å². The normalized spacial score (nSPS) is 19.1. The van der Waals surface area contributed by atoms with E-state index >= 15 is 0 Å². The Bertz CT molecular complexity index is 1110. The van der Waals surface area contributed by atoms with E-state index in [4.69, 9.17) is 11.6 Å². The fourth-order valence-corrected chi connectivity index (χ4v) is 4.77. The molecule has 2 fully saturated rings. The Labute approximate surface area is 193 Å². The van der Waals surface area contributed by atoms with E-state index in [1.807, 2.05) is 42.2 Å². The molecule has 1 atom stereocenters. The van der Waals surface area contributed by atoms with Crippen molar-refractivity contribution in [1.82, 2.24) is 19.9 Å². The summed E-state index contributed by atoms with van der Waals surface area (Å²) in [6.45, 7) is 3.43. The van der Waals surface area contributed by atoms with Gasteiger partial charge in [-0.3, -0.25) is 4.79 Å². The van der Waals surface area contributed by atoms with Crippen molar-refractivity contribution >= 4 is 23.3 Å². The van der Waals surface area contributed by atoms with E-state index in [0.29, 0.717) is 28.4 Å². The maximum absolute atomic E-state index is 13.9. The molecule has 1 aliphatic heterocycles. The Hall–Kier alpha value is -2.99. The number of hydrogen-bond donors (Lipinski definition) is 1. The summed E-state index contributed by atoms with van der Waals surface area (Å²) in [6.07, 6.45) is 9.66. The van der Waals surface area contributed by atoms with E-state index in [2.05, 4.69) is 20.3 Å². The predicted molar refractivity (Wildman–Crippen MR) is 126 cm³/mol. The molecule has 2 aliphatic rings. The summed E-state index contributed by atoms with van der Waals surface area (Å²) in [6, 6.07) is 11.5. The summed E-state index contributed by atoms with van der Waals surface area (Å²) in [7, 11) is 0. The Morgan fingerprint density at radius 1 is 1.16 bits per heavy atom. The number of rotatable bonds is 5. The van der Waals surface area contributed by atoms with Gasteiger partial charge in [0.1, 0.15) is 5.82 Å². The Balaban J connectivity index is 1.42. The van der Waals surface area contributed by atoms with E-state index < -0.39 is 0 Å². The van der Waals surface area contributed by atoms with Crippen LogP contribution in [0.15, 0.2) is 55.0 Å². The van der Waals surface area contributed by atoms with Crippen molar-refractivity contribution in [3.63, 3.8) is 0 Å². The van der Waals surface area contributed by atoms with E-state index in [1.165, 1.54) is 12.8 Å². The number of benzene rings is 1. The van der Waals surface area contributed by atoms with Gasteiger partial charge in [0.15, 0.2) is 5.82 Å². The number of halogens is 1. The molecule has 3 aromatic rings. The van der Waals surface area contributed by atoms with Gasteiger partial charge in [-0.2, -0.15) is 0 Å². The number of pyridine rings is 1. The topological polar surface area (TPSA) is 71.0 Å². The first kappa shape index (κ1) is 20.9. The molecule has 1 amide bonds. The van der Waals surface area contributed by atoms with Crippen LogP contribution in [0.3, 0.4) is 0 Å². The van der Waals surface area contributed by atoms with Crippen LogP contribution in [0.2, 0.25) is 5.02 Å². The number of nitrogens with one attached hydrogen (secondary N) is 1. The monoisotopic (exact) mass is 447 g/mol. The van der Waals surface area contributed by atoms with Crippen molar-refractivity contribution in [3.05, 3.63) is 71.1 Å². The molecule has 1 N–H and O–H groups in total. The van der Waals surface area contributed by atoms with E-state index in [-0.39, 0.29) is 11.9 Å². The summed E-state index contributed by atoms with van der Waals surface area (Å²) in [4.78, 5) is 29.0. The molecule has 1 saturated carbocycles. The number of nitrogens with zero attached hydrogens (tertiary/aromatic N) is 4. The van der Waals surface area contributed by atoms with Gasteiger partial charge in [-0.15, -0.1) is 0 Å². The number of likely N-dealkylation sites (tertiary alicyclic amines) is 1. The standard InChI is InChI=1S/C25H26ClN5O/c1-17-3-5-20(23-27-10-2-11-28-23)21(13-17)24(32)31-12-9-25(7-8-25)14-19(31)16-30-22-6-4-18(26)15-29-22/h2-6,10-11,13,15,19H,7-9,12,14,16H2,1H3,(H,29,30)/t19-/m0/s1. The fourth-order valence-electron chi connectivity index (χ4n) is 4.66. The number of anilines is 1. The zero-order chi connectivity index (χ0) is 22.1. The highest BCUT2D eigenvalue weighted by Crippen LogP contribution is 2.55. The molecule has 1 spiro atoms. The minimum absolute atomic E-state index is 0.0440. The lowest BCUT2D eigenvalue weighted by molar-refractivity contribution is 0.0546. The molecular weight excluding hydrogens is 422 g/mol. The summed E-state index contributed by atoms with van der Waals surface area (Å²) in [5.41, 5.74) is 2.90. The van der Waals surface area contributed by atoms with Crippen LogP contribution in [0.25, 0.3) is 11.4 Å². The highest BCUT2D eigenvalue weighted by molar-refractivity contribution is 6.30. The molecule has 7 heteroatoms. The van der Waals surface area contributed by atoms with Crippen molar-refractivity contribution in [2.24, 2.45) is 5.41 Å². The number of carbonyl (C=O) groups excluding carboxylic acids is 1. The third kappa shape index (κ3) is 4.32. The molecule has 6 nitrogen and oxygen atoms in total. The molecular formula is C25H26ClN5O. The van der Waals surface area contributed by atoms with Gasteiger partial charge < -0.3 is 10.2 Å². The molecule has 0 unspecified atom stereocenters. The number of aryl methyl sites for hydroxylation is 1. The van der Waals surface area contributed by atoms with E-state index in [9.17, 15) is 4.79 Å². The first-order valence-electron chi connectivity index (χ1n) is 11.1. The molecule has 1 aliphatic carbocycles. The fraction of sp³-hybridized carbons (Fsp3) is 0.360. The van der Waals surface area contributed by atoms with E-state index in [0.717, 1.165) is 36.3 Å². The van der Waals surface area contributed by atoms with Gasteiger partial charge in [0.05, 0.1) is 10.6 Å². The van der Waals surface area contributed by atoms with Gasteiger partial charge in [0.25, 0.3) is 5.91 Å². The number of carbonyl (C=O) groups is 1. The SMILES string of the molecule is Cc1ccc(-c2ncccn2)c(C(=O)N2CCC3(CC3)C[C@H]2CNc2ccc(Cl)cn2)c1. The largest absolute Gasteiger partial charge is 0.368 e. The molecule has 0 radical (unpaired) electrons. The van der Waals surface area contributed by atoms with Crippen LogP contribution in [0.4, 0.5) is 5.82 Å². The van der Waals surface area contributed by atoms with Gasteiger partial charge in [-0.05, 0) is 62.3 Å². The lowest BCUT2D eigenvalue weighted by Crippen LogP contribution is -2.50. The summed E-state index contributed by atoms with van der Waals surface area (Å²) < 4.78 is 0. The highest BCUT2D eigenvalue weighted by atomic mass is 35.5. The second-order valence-corrected chi connectivity index (χ2v) is 9.41. The molecule has 2 aromatic heterocycles. The average molecular weight is 448 g/mol. The van der Waals surface area contributed by atoms with Gasteiger partial charge in [-0.25, -0.2) is 15.0 Å². The van der Waals surface area contributed by atoms with Crippen LogP contribution in [-0.2, 0) is 0 Å². The molecule has 32 heavy (non-hydrogen) atoms. The lowest BCUT2D eigenvalue weighted by Gasteiger charge is -2.40. The van der Waals surface area contributed by atoms with Crippen LogP contribution in [0, 0.1) is 12.3 Å². The number of aromatic nitrogens is 3. The first-order chi connectivity index (χ1) is 15.5. The highest BCUT2D eigenvalue weighted by Gasteiger charge is 2.49. The first-order valence-corrected chi connectivity index (χ1v) is 11.5. The molecule has 5 rings (SSSR count). The van der Waals surface area contributed by atoms with Crippen molar-refractivity contribution in [3.8, 4) is 11.4 Å². The lowest BCUT2D eigenvalue weighted by atomic mass is 9.87. The van der Waals surface area contributed by atoms with Crippen LogP contribution in [-0.4, -0.2) is 44.9 Å². The third-order valence-electron chi connectivity index (χ3n) is 6.67. The Morgan fingerprint density at radius 2 is 1.97 bits per heavy atom. The maximum Gasteiger partial charge on any atom is 0.254 e. The molecule has 1 aromatic carbocycles. The molecule has 164 valence electrons. The smallest absolute Gasteiger partial charge is 0.254 e. The van der Waals surface area contributed by atoms with Crippen LogP contribution < -0.4 is 5.32 Å². The number of hydrogen-bond acceptors (Lipinski definition) is 5. The quantitative estimate of drug-likeness (QED) is 0.596. The second-order valence-electron chi connectivity index (χ2n) is 8.97. The van der Waals surface area contributed by atoms with Gasteiger partial charge in [0.2, 0.25) is 0 Å². The minimum Gasteiger partial charge on any atom is -0.368 e. The maximum atomic E-state index is 13.9. The molecule has 3 heterocycles.